The first kappa shape index (κ1) is 17.9. The summed E-state index contributed by atoms with van der Waals surface area (Å²) in [6.45, 7) is 4.04. The molecule has 0 aliphatic carbocycles. The smallest absolute Gasteiger partial charge is 0.218 e. The minimum Gasteiger partial charge on any atom is -0.369 e. The van der Waals surface area contributed by atoms with E-state index in [1.165, 1.54) is 28.6 Å². The van der Waals surface area contributed by atoms with Gasteiger partial charge >= 0.3 is 0 Å². The van der Waals surface area contributed by atoms with Crippen molar-refractivity contribution in [1.82, 2.24) is 14.3 Å². The van der Waals surface area contributed by atoms with Crippen molar-refractivity contribution >= 4 is 26.7 Å². The summed E-state index contributed by atoms with van der Waals surface area (Å²) < 4.78 is 39.8. The predicted octanol–water partition coefficient (Wildman–Crippen LogP) is 2.66. The number of piperazine rings is 1. The van der Waals surface area contributed by atoms with Crippen LogP contribution in [0.5, 0.6) is 0 Å². The topological polar surface area (TPSA) is 69.3 Å². The number of hydrogen-bond acceptors (Lipinski definition) is 4. The molecule has 1 aliphatic rings. The van der Waals surface area contributed by atoms with E-state index in [4.69, 9.17) is 0 Å². The molecular weight excluding hydrogens is 367 g/mol. The van der Waals surface area contributed by atoms with Gasteiger partial charge in [0, 0.05) is 31.9 Å². The number of nitrogens with one attached hydrogen (secondary N) is 1. The second-order valence-electron chi connectivity index (χ2n) is 6.79. The molecule has 0 saturated carbocycles. The average molecular weight is 388 g/mol. The molecule has 0 amide bonds. The van der Waals surface area contributed by atoms with E-state index < -0.39 is 10.0 Å². The molecule has 0 atom stereocenters. The average Bonchev–Trinajstić information content (AvgIpc) is 3.03. The molecule has 8 heteroatoms. The summed E-state index contributed by atoms with van der Waals surface area (Å²) in [4.78, 5) is 9.82. The van der Waals surface area contributed by atoms with E-state index >= 15 is 0 Å². The summed E-state index contributed by atoms with van der Waals surface area (Å²) >= 11 is 0. The van der Waals surface area contributed by atoms with Gasteiger partial charge in [0.25, 0.3) is 0 Å². The molecule has 1 N–H and O–H groups in total. The Kier molecular flexibility index (Phi) is 4.61. The molecule has 2 aromatic carbocycles. The number of sulfonamides is 1. The molecule has 0 bridgehead atoms. The standard InChI is InChI=1S/C19H21FN4O2S/c1-14-21-18-7-6-17(12-19(18)22-14)23-8-10-24(11-9-23)27(25,26)13-15-2-4-16(20)5-3-15/h2-7,12H,8-11,13H2,1H3,(H,21,22). The maximum absolute atomic E-state index is 13.0. The van der Waals surface area contributed by atoms with Gasteiger partial charge in [0.2, 0.25) is 10.0 Å². The quantitative estimate of drug-likeness (QED) is 0.746. The Bertz CT molecular complexity index is 1060. The summed E-state index contributed by atoms with van der Waals surface area (Å²) in [7, 11) is -3.42. The molecule has 27 heavy (non-hydrogen) atoms. The fourth-order valence-corrected chi connectivity index (χ4v) is 4.94. The highest BCUT2D eigenvalue weighted by atomic mass is 32.2. The van der Waals surface area contributed by atoms with E-state index in [2.05, 4.69) is 20.9 Å². The third-order valence-electron chi connectivity index (χ3n) is 4.84. The largest absolute Gasteiger partial charge is 0.369 e. The van der Waals surface area contributed by atoms with Crippen molar-refractivity contribution in [2.24, 2.45) is 0 Å². The lowest BCUT2D eigenvalue weighted by molar-refractivity contribution is 0.384. The Hall–Kier alpha value is -2.45. The lowest BCUT2D eigenvalue weighted by Gasteiger charge is -2.35. The third-order valence-corrected chi connectivity index (χ3v) is 6.69. The number of imidazole rings is 1. The lowest BCUT2D eigenvalue weighted by Crippen LogP contribution is -2.49. The van der Waals surface area contributed by atoms with Crippen LogP contribution in [0, 0.1) is 12.7 Å². The number of halogens is 1. The van der Waals surface area contributed by atoms with Crippen LogP contribution in [0.2, 0.25) is 0 Å². The number of aromatic amines is 1. The Balaban J connectivity index is 1.43. The summed E-state index contributed by atoms with van der Waals surface area (Å²) in [5, 5.41) is 0. The summed E-state index contributed by atoms with van der Waals surface area (Å²) in [5.74, 6) is 0.403. The molecule has 4 rings (SSSR count). The van der Waals surface area contributed by atoms with Crippen molar-refractivity contribution in [2.45, 2.75) is 12.7 Å². The van der Waals surface area contributed by atoms with Crippen LogP contribution in [-0.2, 0) is 15.8 Å². The third kappa shape index (κ3) is 3.81. The van der Waals surface area contributed by atoms with Crippen LogP contribution in [0.4, 0.5) is 10.1 Å². The maximum Gasteiger partial charge on any atom is 0.218 e. The first-order chi connectivity index (χ1) is 12.9. The van der Waals surface area contributed by atoms with E-state index in [9.17, 15) is 12.8 Å². The number of aromatic nitrogens is 2. The minimum absolute atomic E-state index is 0.105. The van der Waals surface area contributed by atoms with Crippen molar-refractivity contribution in [3.8, 4) is 0 Å². The molecule has 1 saturated heterocycles. The maximum atomic E-state index is 13.0. The molecule has 1 aliphatic heterocycles. The predicted molar refractivity (Wildman–Crippen MR) is 104 cm³/mol. The number of rotatable bonds is 4. The first-order valence-electron chi connectivity index (χ1n) is 8.84. The number of H-pyrrole nitrogens is 1. The van der Waals surface area contributed by atoms with Gasteiger partial charge in [0.15, 0.2) is 0 Å². The first-order valence-corrected chi connectivity index (χ1v) is 10.5. The number of aryl methyl sites for hydroxylation is 1. The van der Waals surface area contributed by atoms with Gasteiger partial charge in [-0.1, -0.05) is 12.1 Å². The van der Waals surface area contributed by atoms with E-state index in [1.807, 2.05) is 19.1 Å². The van der Waals surface area contributed by atoms with Crippen LogP contribution in [0.3, 0.4) is 0 Å². The second kappa shape index (κ2) is 6.94. The normalized spacial score (nSPS) is 16.1. The van der Waals surface area contributed by atoms with Crippen molar-refractivity contribution < 1.29 is 12.8 Å². The van der Waals surface area contributed by atoms with E-state index in [-0.39, 0.29) is 11.6 Å². The fourth-order valence-electron chi connectivity index (χ4n) is 3.43. The molecule has 6 nitrogen and oxygen atoms in total. The van der Waals surface area contributed by atoms with Gasteiger partial charge in [0.1, 0.15) is 11.6 Å². The highest BCUT2D eigenvalue weighted by Crippen LogP contribution is 2.23. The van der Waals surface area contributed by atoms with Gasteiger partial charge in [-0.2, -0.15) is 4.31 Å². The van der Waals surface area contributed by atoms with Gasteiger partial charge in [-0.15, -0.1) is 0 Å². The zero-order valence-electron chi connectivity index (χ0n) is 15.0. The molecule has 3 aromatic rings. The molecular formula is C19H21FN4O2S. The molecule has 2 heterocycles. The van der Waals surface area contributed by atoms with Crippen LogP contribution in [0.15, 0.2) is 42.5 Å². The zero-order chi connectivity index (χ0) is 19.0. The van der Waals surface area contributed by atoms with Gasteiger partial charge in [-0.3, -0.25) is 0 Å². The fraction of sp³-hybridized carbons (Fsp3) is 0.316. The second-order valence-corrected chi connectivity index (χ2v) is 8.76. The van der Waals surface area contributed by atoms with E-state index in [0.717, 1.165) is 22.5 Å². The van der Waals surface area contributed by atoms with Crippen LogP contribution < -0.4 is 4.90 Å². The monoisotopic (exact) mass is 388 g/mol. The van der Waals surface area contributed by atoms with Crippen molar-refractivity contribution in [3.05, 3.63) is 59.7 Å². The van der Waals surface area contributed by atoms with Crippen molar-refractivity contribution in [2.75, 3.05) is 31.1 Å². The number of hydrogen-bond donors (Lipinski definition) is 1. The number of nitrogens with zero attached hydrogens (tertiary/aromatic N) is 3. The molecule has 0 unspecified atom stereocenters. The number of anilines is 1. The number of fused-ring (bicyclic) bond motifs is 1. The van der Waals surface area contributed by atoms with Gasteiger partial charge in [0.05, 0.1) is 16.8 Å². The van der Waals surface area contributed by atoms with Crippen molar-refractivity contribution in [1.29, 1.82) is 0 Å². The Labute approximate surface area is 157 Å². The van der Waals surface area contributed by atoms with Crippen LogP contribution in [-0.4, -0.2) is 48.9 Å². The Morgan fingerprint density at radius 1 is 1.07 bits per heavy atom. The lowest BCUT2D eigenvalue weighted by atomic mass is 10.2. The molecule has 0 radical (unpaired) electrons. The molecule has 1 fully saturated rings. The van der Waals surface area contributed by atoms with Gasteiger partial charge < -0.3 is 9.88 Å². The Morgan fingerprint density at radius 3 is 2.48 bits per heavy atom. The van der Waals surface area contributed by atoms with Gasteiger partial charge in [-0.25, -0.2) is 17.8 Å². The number of benzene rings is 2. The highest BCUT2D eigenvalue weighted by molar-refractivity contribution is 7.88. The molecule has 0 spiro atoms. The molecule has 142 valence electrons. The van der Waals surface area contributed by atoms with Crippen LogP contribution in [0.1, 0.15) is 11.4 Å². The van der Waals surface area contributed by atoms with E-state index in [1.54, 1.807) is 0 Å². The van der Waals surface area contributed by atoms with Crippen molar-refractivity contribution in [3.63, 3.8) is 0 Å². The Morgan fingerprint density at radius 2 is 1.78 bits per heavy atom. The SMILES string of the molecule is Cc1nc2ccc(N3CCN(S(=O)(=O)Cc4ccc(F)cc4)CC3)cc2[nH]1. The van der Waals surface area contributed by atoms with Crippen LogP contribution in [0.25, 0.3) is 11.0 Å². The summed E-state index contributed by atoms with van der Waals surface area (Å²) in [5.41, 5.74) is 3.56. The van der Waals surface area contributed by atoms with Gasteiger partial charge in [-0.05, 0) is 42.8 Å². The summed E-state index contributed by atoms with van der Waals surface area (Å²) in [6.07, 6.45) is 0. The minimum atomic E-state index is -3.42. The van der Waals surface area contributed by atoms with E-state index in [0.29, 0.717) is 31.7 Å². The highest BCUT2D eigenvalue weighted by Gasteiger charge is 2.27. The van der Waals surface area contributed by atoms with Crippen LogP contribution >= 0.6 is 0 Å². The summed E-state index contributed by atoms with van der Waals surface area (Å²) in [6, 6.07) is 11.7. The zero-order valence-corrected chi connectivity index (χ0v) is 15.8. The molecule has 1 aromatic heterocycles.